The van der Waals surface area contributed by atoms with E-state index in [1.807, 2.05) is 0 Å². The van der Waals surface area contributed by atoms with Gasteiger partial charge in [-0.15, -0.1) is 6.42 Å². The van der Waals surface area contributed by atoms with Gasteiger partial charge in [0.15, 0.2) is 6.61 Å². The highest BCUT2D eigenvalue weighted by Gasteiger charge is 2.16. The third-order valence-electron chi connectivity index (χ3n) is 2.21. The number of carboxylic acids is 1. The monoisotopic (exact) mass is 403 g/mol. The van der Waals surface area contributed by atoms with Crippen molar-refractivity contribution in [3.63, 3.8) is 0 Å². The Morgan fingerprint density at radius 3 is 2.65 bits per heavy atom. The van der Waals surface area contributed by atoms with Crippen LogP contribution in [0.1, 0.15) is 0 Å². The molecule has 0 unspecified atom stereocenters. The van der Waals surface area contributed by atoms with Crippen molar-refractivity contribution >= 4 is 43.7 Å². The lowest BCUT2D eigenvalue weighted by Gasteiger charge is -2.18. The first-order valence-corrected chi connectivity index (χ1v) is 7.03. The Labute approximate surface area is 133 Å². The number of amides is 1. The number of benzene rings is 1. The van der Waals surface area contributed by atoms with Gasteiger partial charge < -0.3 is 14.7 Å². The highest BCUT2D eigenvalue weighted by atomic mass is 79.9. The maximum atomic E-state index is 11.8. The lowest BCUT2D eigenvalue weighted by Crippen LogP contribution is -2.39. The van der Waals surface area contributed by atoms with Gasteiger partial charge in [0.2, 0.25) is 0 Å². The number of ether oxygens (including phenoxy) is 1. The molecule has 0 atom stereocenters. The maximum Gasteiger partial charge on any atom is 0.323 e. The first kappa shape index (κ1) is 16.5. The molecule has 106 valence electrons. The Balaban J connectivity index is 2.64. The first-order valence-electron chi connectivity index (χ1n) is 5.45. The normalized spacial score (nSPS) is 9.65. The minimum absolute atomic E-state index is 0.0734. The van der Waals surface area contributed by atoms with Gasteiger partial charge in [0.05, 0.1) is 11.0 Å². The van der Waals surface area contributed by atoms with E-state index >= 15 is 0 Å². The molecule has 1 amide bonds. The fraction of sp³-hybridized carbons (Fsp3) is 0.231. The van der Waals surface area contributed by atoms with Crippen molar-refractivity contribution in [1.82, 2.24) is 4.90 Å². The summed E-state index contributed by atoms with van der Waals surface area (Å²) in [4.78, 5) is 23.5. The molecule has 20 heavy (non-hydrogen) atoms. The van der Waals surface area contributed by atoms with Gasteiger partial charge in [-0.1, -0.05) is 21.9 Å². The van der Waals surface area contributed by atoms with Crippen molar-refractivity contribution in [3.8, 4) is 18.1 Å². The third-order valence-corrected chi connectivity index (χ3v) is 3.32. The molecule has 0 bridgehead atoms. The van der Waals surface area contributed by atoms with E-state index in [-0.39, 0.29) is 13.2 Å². The number of rotatable bonds is 6. The number of carboxylic acid groups (broad SMARTS) is 1. The Hall–Kier alpha value is -1.52. The number of carbonyl (C=O) groups excluding carboxylic acids is 1. The Morgan fingerprint density at radius 1 is 1.40 bits per heavy atom. The van der Waals surface area contributed by atoms with Crippen LogP contribution in [0.15, 0.2) is 27.1 Å². The summed E-state index contributed by atoms with van der Waals surface area (Å²) in [5.41, 5.74) is 0. The van der Waals surface area contributed by atoms with Crippen molar-refractivity contribution in [1.29, 1.82) is 0 Å². The van der Waals surface area contributed by atoms with Crippen LogP contribution in [0, 0.1) is 12.3 Å². The van der Waals surface area contributed by atoms with Gasteiger partial charge in [0.25, 0.3) is 5.91 Å². The molecule has 0 heterocycles. The van der Waals surface area contributed by atoms with E-state index in [1.54, 1.807) is 18.2 Å². The van der Waals surface area contributed by atoms with Crippen molar-refractivity contribution in [2.45, 2.75) is 0 Å². The molecule has 0 fully saturated rings. The molecule has 0 aliphatic heterocycles. The summed E-state index contributed by atoms with van der Waals surface area (Å²) < 4.78 is 6.89. The molecule has 0 aliphatic carbocycles. The number of aliphatic carboxylic acids is 1. The van der Waals surface area contributed by atoms with Crippen LogP contribution >= 0.6 is 31.9 Å². The summed E-state index contributed by atoms with van der Waals surface area (Å²) in [5.74, 6) is 1.11. The highest BCUT2D eigenvalue weighted by molar-refractivity contribution is 9.11. The van der Waals surface area contributed by atoms with Gasteiger partial charge in [0, 0.05) is 4.47 Å². The lowest BCUT2D eigenvalue weighted by atomic mass is 10.3. The molecule has 1 aromatic rings. The van der Waals surface area contributed by atoms with Crippen LogP contribution < -0.4 is 4.74 Å². The summed E-state index contributed by atoms with van der Waals surface area (Å²) in [6, 6.07) is 5.22. The Kier molecular flexibility index (Phi) is 6.55. The van der Waals surface area contributed by atoms with Crippen LogP contribution in [0.25, 0.3) is 0 Å². The van der Waals surface area contributed by atoms with Gasteiger partial charge >= 0.3 is 5.97 Å². The number of hydrogen-bond donors (Lipinski definition) is 1. The smallest absolute Gasteiger partial charge is 0.323 e. The molecular weight excluding hydrogens is 394 g/mol. The zero-order valence-electron chi connectivity index (χ0n) is 10.3. The predicted octanol–water partition coefficient (Wildman–Crippen LogP) is 2.14. The topological polar surface area (TPSA) is 66.8 Å². The summed E-state index contributed by atoms with van der Waals surface area (Å²) in [6.07, 6.45) is 5.10. The van der Waals surface area contributed by atoms with Crippen molar-refractivity contribution in [2.75, 3.05) is 19.7 Å². The number of halogens is 2. The summed E-state index contributed by atoms with van der Waals surface area (Å²) >= 11 is 6.60. The Morgan fingerprint density at radius 2 is 2.10 bits per heavy atom. The van der Waals surface area contributed by atoms with E-state index < -0.39 is 18.4 Å². The van der Waals surface area contributed by atoms with Gasteiger partial charge in [-0.25, -0.2) is 0 Å². The zero-order chi connectivity index (χ0) is 15.1. The molecule has 7 heteroatoms. The van der Waals surface area contributed by atoms with E-state index in [9.17, 15) is 9.59 Å². The van der Waals surface area contributed by atoms with Crippen LogP contribution in [0.3, 0.4) is 0 Å². The summed E-state index contributed by atoms with van der Waals surface area (Å²) in [5, 5.41) is 8.70. The number of terminal acetylenes is 1. The average Bonchev–Trinajstić information content (AvgIpc) is 2.36. The quantitative estimate of drug-likeness (QED) is 0.737. The van der Waals surface area contributed by atoms with Crippen LogP contribution in [0.2, 0.25) is 0 Å². The van der Waals surface area contributed by atoms with Gasteiger partial charge in [0.1, 0.15) is 12.3 Å². The fourth-order valence-corrected chi connectivity index (χ4v) is 2.49. The summed E-state index contributed by atoms with van der Waals surface area (Å²) in [7, 11) is 0. The lowest BCUT2D eigenvalue weighted by molar-refractivity contribution is -0.144. The van der Waals surface area contributed by atoms with Gasteiger partial charge in [-0.3, -0.25) is 9.59 Å². The molecule has 1 rings (SSSR count). The molecule has 0 aliphatic rings. The minimum atomic E-state index is -1.13. The SMILES string of the molecule is C#CCN(CC(=O)O)C(=O)COc1ccc(Br)cc1Br. The van der Waals surface area contributed by atoms with Crippen LogP contribution in [-0.4, -0.2) is 41.6 Å². The molecule has 0 spiro atoms. The molecule has 0 saturated heterocycles. The second-order valence-electron chi connectivity index (χ2n) is 3.71. The maximum absolute atomic E-state index is 11.8. The van der Waals surface area contributed by atoms with Crippen LogP contribution in [-0.2, 0) is 9.59 Å². The second kappa shape index (κ2) is 7.92. The number of hydrogen-bond acceptors (Lipinski definition) is 3. The van der Waals surface area contributed by atoms with E-state index in [4.69, 9.17) is 16.3 Å². The average molecular weight is 405 g/mol. The molecule has 1 aromatic carbocycles. The van der Waals surface area contributed by atoms with E-state index in [1.165, 1.54) is 0 Å². The van der Waals surface area contributed by atoms with Crippen molar-refractivity contribution in [3.05, 3.63) is 27.1 Å². The van der Waals surface area contributed by atoms with Gasteiger partial charge in [-0.2, -0.15) is 0 Å². The van der Waals surface area contributed by atoms with Crippen LogP contribution in [0.5, 0.6) is 5.75 Å². The first-order chi connectivity index (χ1) is 9.43. The van der Waals surface area contributed by atoms with E-state index in [0.717, 1.165) is 9.37 Å². The number of carbonyl (C=O) groups is 2. The standard InChI is InChI=1S/C13H11Br2NO4/c1-2-5-16(7-13(18)19)12(17)8-20-11-4-3-9(14)6-10(11)15/h1,3-4,6H,5,7-8H2,(H,18,19). The van der Waals surface area contributed by atoms with E-state index in [0.29, 0.717) is 10.2 Å². The molecule has 5 nitrogen and oxygen atoms in total. The molecule has 0 radical (unpaired) electrons. The zero-order valence-corrected chi connectivity index (χ0v) is 13.5. The minimum Gasteiger partial charge on any atom is -0.483 e. The molecular formula is C13H11Br2NO4. The molecule has 0 saturated carbocycles. The predicted molar refractivity (Wildman–Crippen MR) is 80.4 cm³/mol. The van der Waals surface area contributed by atoms with Gasteiger partial charge in [-0.05, 0) is 34.1 Å². The fourth-order valence-electron chi connectivity index (χ4n) is 1.33. The van der Waals surface area contributed by atoms with E-state index in [2.05, 4.69) is 37.8 Å². The Bertz CT molecular complexity index is 554. The van der Waals surface area contributed by atoms with Crippen molar-refractivity contribution < 1.29 is 19.4 Å². The molecule has 0 aromatic heterocycles. The summed E-state index contributed by atoms with van der Waals surface area (Å²) in [6.45, 7) is -0.806. The highest BCUT2D eigenvalue weighted by Crippen LogP contribution is 2.28. The van der Waals surface area contributed by atoms with Crippen LogP contribution in [0.4, 0.5) is 0 Å². The van der Waals surface area contributed by atoms with Crippen molar-refractivity contribution in [2.24, 2.45) is 0 Å². The third kappa shape index (κ3) is 5.23. The molecule has 1 N–H and O–H groups in total. The number of nitrogens with zero attached hydrogens (tertiary/aromatic N) is 1. The second-order valence-corrected chi connectivity index (χ2v) is 5.48. The largest absolute Gasteiger partial charge is 0.483 e.